The lowest BCUT2D eigenvalue weighted by Gasteiger charge is -2.17. The van der Waals surface area contributed by atoms with Crippen molar-refractivity contribution in [2.75, 3.05) is 24.2 Å². The molecule has 1 atom stereocenters. The second-order valence-electron chi connectivity index (χ2n) is 6.66. The van der Waals surface area contributed by atoms with Crippen LogP contribution < -0.4 is 10.2 Å². The average molecular weight is 399 g/mol. The summed E-state index contributed by atoms with van der Waals surface area (Å²) in [7, 11) is 0. The van der Waals surface area contributed by atoms with Gasteiger partial charge < -0.3 is 10.2 Å². The molecule has 1 amide bonds. The first-order valence-electron chi connectivity index (χ1n) is 9.12. The SMILES string of the molecule is CSc1nc(N2CCCC2)c2cc(C(=O)N[C@@H](C)c3ccccc3)sc2n1. The van der Waals surface area contributed by atoms with E-state index in [1.807, 2.05) is 49.6 Å². The van der Waals surface area contributed by atoms with E-state index in [4.69, 9.17) is 4.98 Å². The number of anilines is 1. The standard InChI is InChI=1S/C20H22N4OS2/c1-13(14-8-4-3-5-9-14)21-18(25)16-12-15-17(24-10-6-7-11-24)22-20(26-2)23-19(15)27-16/h3-5,8-9,12-13H,6-7,10-11H2,1-2H3,(H,21,25)/t13-/m0/s1. The van der Waals surface area contributed by atoms with Crippen LogP contribution in [0.15, 0.2) is 41.6 Å². The Balaban J connectivity index is 1.64. The van der Waals surface area contributed by atoms with E-state index < -0.39 is 0 Å². The highest BCUT2D eigenvalue weighted by molar-refractivity contribution is 7.98. The van der Waals surface area contributed by atoms with Gasteiger partial charge >= 0.3 is 0 Å². The molecule has 3 heterocycles. The fraction of sp³-hybridized carbons (Fsp3) is 0.350. The Morgan fingerprint density at radius 2 is 1.96 bits per heavy atom. The van der Waals surface area contributed by atoms with Crippen molar-refractivity contribution >= 4 is 45.0 Å². The maximum atomic E-state index is 12.8. The van der Waals surface area contributed by atoms with Gasteiger partial charge in [-0.05, 0) is 37.7 Å². The number of nitrogens with one attached hydrogen (secondary N) is 1. The lowest BCUT2D eigenvalue weighted by molar-refractivity contribution is 0.0944. The van der Waals surface area contributed by atoms with Crippen molar-refractivity contribution in [3.63, 3.8) is 0 Å². The highest BCUT2D eigenvalue weighted by Gasteiger charge is 2.22. The summed E-state index contributed by atoms with van der Waals surface area (Å²) in [6.45, 7) is 4.03. The van der Waals surface area contributed by atoms with Gasteiger partial charge in [-0.2, -0.15) is 0 Å². The van der Waals surface area contributed by atoms with Crippen molar-refractivity contribution < 1.29 is 4.79 Å². The molecule has 0 spiro atoms. The summed E-state index contributed by atoms with van der Waals surface area (Å²) in [5.74, 6) is 0.903. The monoisotopic (exact) mass is 398 g/mol. The van der Waals surface area contributed by atoms with Crippen molar-refractivity contribution in [3.05, 3.63) is 46.8 Å². The molecular formula is C20H22N4OS2. The van der Waals surface area contributed by atoms with Crippen LogP contribution in [0.2, 0.25) is 0 Å². The Labute approximate surface area is 167 Å². The molecule has 1 N–H and O–H groups in total. The molecule has 4 rings (SSSR count). The van der Waals surface area contributed by atoms with Crippen molar-refractivity contribution in [2.24, 2.45) is 0 Å². The van der Waals surface area contributed by atoms with Gasteiger partial charge in [0, 0.05) is 13.1 Å². The van der Waals surface area contributed by atoms with Crippen LogP contribution in [-0.2, 0) is 0 Å². The Morgan fingerprint density at radius 3 is 2.67 bits per heavy atom. The number of carbonyl (C=O) groups excluding carboxylic acids is 1. The number of aromatic nitrogens is 2. The summed E-state index contributed by atoms with van der Waals surface area (Å²) in [5, 5.41) is 4.84. The fourth-order valence-electron chi connectivity index (χ4n) is 3.35. The summed E-state index contributed by atoms with van der Waals surface area (Å²) in [4.78, 5) is 26.1. The lowest BCUT2D eigenvalue weighted by Crippen LogP contribution is -2.25. The Morgan fingerprint density at radius 1 is 1.22 bits per heavy atom. The number of carbonyl (C=O) groups is 1. The first kappa shape index (κ1) is 18.3. The average Bonchev–Trinajstić information content (AvgIpc) is 3.37. The van der Waals surface area contributed by atoms with E-state index in [1.165, 1.54) is 35.9 Å². The van der Waals surface area contributed by atoms with Crippen molar-refractivity contribution in [1.29, 1.82) is 0 Å². The fourth-order valence-corrected chi connectivity index (χ4v) is 4.70. The van der Waals surface area contributed by atoms with Crippen LogP contribution >= 0.6 is 23.1 Å². The predicted octanol–water partition coefficient (Wildman–Crippen LogP) is 4.50. The van der Waals surface area contributed by atoms with Crippen LogP contribution in [0, 0.1) is 0 Å². The van der Waals surface area contributed by atoms with Gasteiger partial charge in [-0.25, -0.2) is 9.97 Å². The molecule has 2 aromatic heterocycles. The number of thiophene rings is 1. The number of rotatable bonds is 5. The quantitative estimate of drug-likeness (QED) is 0.506. The number of fused-ring (bicyclic) bond motifs is 1. The highest BCUT2D eigenvalue weighted by Crippen LogP contribution is 2.34. The Hall–Kier alpha value is -2.12. The number of benzene rings is 1. The number of thioether (sulfide) groups is 1. The van der Waals surface area contributed by atoms with E-state index in [2.05, 4.69) is 15.2 Å². The van der Waals surface area contributed by atoms with Crippen LogP contribution in [0.25, 0.3) is 10.2 Å². The lowest BCUT2D eigenvalue weighted by atomic mass is 10.1. The molecule has 27 heavy (non-hydrogen) atoms. The minimum atomic E-state index is -0.0626. The minimum Gasteiger partial charge on any atom is -0.356 e. The van der Waals surface area contributed by atoms with E-state index in [1.54, 1.807) is 0 Å². The van der Waals surface area contributed by atoms with Gasteiger partial charge in [0.25, 0.3) is 5.91 Å². The molecule has 1 fully saturated rings. The maximum Gasteiger partial charge on any atom is 0.261 e. The third-order valence-electron chi connectivity index (χ3n) is 4.81. The molecule has 1 aliphatic heterocycles. The molecule has 7 heteroatoms. The Kier molecular flexibility index (Phi) is 5.31. The topological polar surface area (TPSA) is 58.1 Å². The molecular weight excluding hydrogens is 376 g/mol. The summed E-state index contributed by atoms with van der Waals surface area (Å²) >= 11 is 2.98. The molecule has 1 saturated heterocycles. The van der Waals surface area contributed by atoms with Gasteiger partial charge in [0.2, 0.25) is 0 Å². The van der Waals surface area contributed by atoms with Gasteiger partial charge in [0.05, 0.1) is 16.3 Å². The smallest absolute Gasteiger partial charge is 0.261 e. The molecule has 140 valence electrons. The van der Waals surface area contributed by atoms with Gasteiger partial charge in [-0.1, -0.05) is 42.1 Å². The zero-order valence-electron chi connectivity index (χ0n) is 15.4. The van der Waals surface area contributed by atoms with E-state index in [0.717, 1.165) is 39.8 Å². The van der Waals surface area contributed by atoms with E-state index >= 15 is 0 Å². The zero-order valence-corrected chi connectivity index (χ0v) is 17.1. The molecule has 0 unspecified atom stereocenters. The molecule has 0 saturated carbocycles. The molecule has 1 aliphatic rings. The maximum absolute atomic E-state index is 12.8. The van der Waals surface area contributed by atoms with Crippen LogP contribution in [0.3, 0.4) is 0 Å². The van der Waals surface area contributed by atoms with Gasteiger partial charge in [0.1, 0.15) is 10.6 Å². The number of hydrogen-bond acceptors (Lipinski definition) is 6. The van der Waals surface area contributed by atoms with Crippen LogP contribution in [-0.4, -0.2) is 35.2 Å². The molecule has 0 bridgehead atoms. The Bertz CT molecular complexity index is 951. The van der Waals surface area contributed by atoms with Gasteiger partial charge in [-0.3, -0.25) is 4.79 Å². The summed E-state index contributed by atoms with van der Waals surface area (Å²) < 4.78 is 0. The van der Waals surface area contributed by atoms with Gasteiger partial charge in [-0.15, -0.1) is 11.3 Å². The molecule has 1 aromatic carbocycles. The number of hydrogen-bond donors (Lipinski definition) is 1. The van der Waals surface area contributed by atoms with Crippen molar-refractivity contribution in [2.45, 2.75) is 31.0 Å². The molecule has 5 nitrogen and oxygen atoms in total. The molecule has 3 aromatic rings. The van der Waals surface area contributed by atoms with E-state index in [-0.39, 0.29) is 11.9 Å². The highest BCUT2D eigenvalue weighted by atomic mass is 32.2. The first-order chi connectivity index (χ1) is 13.2. The summed E-state index contributed by atoms with van der Waals surface area (Å²) in [6, 6.07) is 11.9. The van der Waals surface area contributed by atoms with Crippen molar-refractivity contribution in [3.8, 4) is 0 Å². The molecule has 0 aliphatic carbocycles. The summed E-state index contributed by atoms with van der Waals surface area (Å²) in [6.07, 6.45) is 4.36. The first-order valence-corrected chi connectivity index (χ1v) is 11.2. The largest absolute Gasteiger partial charge is 0.356 e. The van der Waals surface area contributed by atoms with Gasteiger partial charge in [0.15, 0.2) is 5.16 Å². The number of amides is 1. The zero-order chi connectivity index (χ0) is 18.8. The predicted molar refractivity (Wildman–Crippen MR) is 113 cm³/mol. The number of nitrogens with zero attached hydrogens (tertiary/aromatic N) is 3. The van der Waals surface area contributed by atoms with E-state index in [9.17, 15) is 4.79 Å². The van der Waals surface area contributed by atoms with Crippen LogP contribution in [0.4, 0.5) is 5.82 Å². The van der Waals surface area contributed by atoms with Crippen LogP contribution in [0.5, 0.6) is 0 Å². The third kappa shape index (κ3) is 3.80. The second kappa shape index (κ2) is 7.86. The molecule has 0 radical (unpaired) electrons. The minimum absolute atomic E-state index is 0.0465. The van der Waals surface area contributed by atoms with Crippen molar-refractivity contribution in [1.82, 2.24) is 15.3 Å². The normalized spacial score (nSPS) is 15.3. The van der Waals surface area contributed by atoms with E-state index in [0.29, 0.717) is 4.88 Å². The summed E-state index contributed by atoms with van der Waals surface area (Å²) in [5.41, 5.74) is 1.09. The second-order valence-corrected chi connectivity index (χ2v) is 8.47. The third-order valence-corrected chi connectivity index (χ3v) is 6.39. The van der Waals surface area contributed by atoms with Crippen LogP contribution in [0.1, 0.15) is 41.0 Å².